The van der Waals surface area contributed by atoms with Gasteiger partial charge in [0.2, 0.25) is 5.88 Å². The average Bonchev–Trinajstić information content (AvgIpc) is 2.81. The van der Waals surface area contributed by atoms with E-state index >= 15 is 0 Å². The fraction of sp³-hybridized carbons (Fsp3) is 0.357. The number of benzene rings is 1. The molecule has 0 fully saturated rings. The molecule has 5 heteroatoms. The molecule has 0 aliphatic carbocycles. The number of rotatable bonds is 6. The SMILES string of the molecule is COc1c(CCCN)cnn1Cc1ccc(Cl)cc1. The highest BCUT2D eigenvalue weighted by Gasteiger charge is 2.11. The van der Waals surface area contributed by atoms with E-state index in [2.05, 4.69) is 5.10 Å². The first-order valence-electron chi connectivity index (χ1n) is 6.27. The Balaban J connectivity index is 2.15. The molecule has 0 atom stereocenters. The van der Waals surface area contributed by atoms with Crippen LogP contribution in [0.5, 0.6) is 5.88 Å². The summed E-state index contributed by atoms with van der Waals surface area (Å²) in [6.45, 7) is 1.34. The van der Waals surface area contributed by atoms with Crippen LogP contribution in [-0.2, 0) is 13.0 Å². The molecule has 2 rings (SSSR count). The van der Waals surface area contributed by atoms with Gasteiger partial charge in [-0.3, -0.25) is 0 Å². The fourth-order valence-electron chi connectivity index (χ4n) is 1.99. The lowest BCUT2D eigenvalue weighted by Crippen LogP contribution is -2.05. The third-order valence-electron chi connectivity index (χ3n) is 2.95. The summed E-state index contributed by atoms with van der Waals surface area (Å²) in [5.41, 5.74) is 7.77. The lowest BCUT2D eigenvalue weighted by Gasteiger charge is -2.08. The molecule has 0 spiro atoms. The van der Waals surface area contributed by atoms with Crippen molar-refractivity contribution in [3.05, 3.63) is 46.6 Å². The molecule has 0 unspecified atom stereocenters. The van der Waals surface area contributed by atoms with Crippen molar-refractivity contribution in [1.82, 2.24) is 9.78 Å². The van der Waals surface area contributed by atoms with Crippen LogP contribution >= 0.6 is 11.6 Å². The van der Waals surface area contributed by atoms with Gasteiger partial charge >= 0.3 is 0 Å². The molecule has 19 heavy (non-hydrogen) atoms. The Morgan fingerprint density at radius 1 is 1.32 bits per heavy atom. The molecule has 2 aromatic rings. The molecule has 1 aromatic heterocycles. The predicted molar refractivity (Wildman–Crippen MR) is 76.7 cm³/mol. The zero-order valence-corrected chi connectivity index (χ0v) is 11.7. The van der Waals surface area contributed by atoms with Crippen molar-refractivity contribution in [3.63, 3.8) is 0 Å². The Bertz CT molecular complexity index is 522. The van der Waals surface area contributed by atoms with E-state index in [0.29, 0.717) is 13.1 Å². The standard InChI is InChI=1S/C14H18ClN3O/c1-19-14-12(3-2-8-16)9-17-18(14)10-11-4-6-13(15)7-5-11/h4-7,9H,2-3,8,10,16H2,1H3. The summed E-state index contributed by atoms with van der Waals surface area (Å²) in [5.74, 6) is 0.809. The molecule has 0 saturated carbocycles. The van der Waals surface area contributed by atoms with Crippen molar-refractivity contribution in [2.24, 2.45) is 5.73 Å². The Hall–Kier alpha value is -1.52. The monoisotopic (exact) mass is 279 g/mol. The van der Waals surface area contributed by atoms with Gasteiger partial charge < -0.3 is 10.5 Å². The maximum Gasteiger partial charge on any atom is 0.215 e. The van der Waals surface area contributed by atoms with Crippen molar-refractivity contribution in [2.75, 3.05) is 13.7 Å². The number of halogens is 1. The summed E-state index contributed by atoms with van der Waals surface area (Å²) in [6.07, 6.45) is 3.67. The van der Waals surface area contributed by atoms with E-state index < -0.39 is 0 Å². The van der Waals surface area contributed by atoms with E-state index in [1.54, 1.807) is 7.11 Å². The summed E-state index contributed by atoms with van der Waals surface area (Å²) in [5, 5.41) is 5.11. The van der Waals surface area contributed by atoms with Gasteiger partial charge in [0.1, 0.15) is 0 Å². The maximum absolute atomic E-state index is 5.88. The zero-order valence-electron chi connectivity index (χ0n) is 11.0. The van der Waals surface area contributed by atoms with Crippen LogP contribution in [0.1, 0.15) is 17.5 Å². The fourth-order valence-corrected chi connectivity index (χ4v) is 2.11. The number of nitrogens with two attached hydrogens (primary N) is 1. The van der Waals surface area contributed by atoms with Crippen LogP contribution in [0.2, 0.25) is 5.02 Å². The van der Waals surface area contributed by atoms with Crippen LogP contribution in [0.25, 0.3) is 0 Å². The van der Waals surface area contributed by atoms with E-state index in [0.717, 1.165) is 34.9 Å². The lowest BCUT2D eigenvalue weighted by molar-refractivity contribution is 0.362. The lowest BCUT2D eigenvalue weighted by atomic mass is 10.2. The Kier molecular flexibility index (Phi) is 4.82. The van der Waals surface area contributed by atoms with Gasteiger partial charge in [-0.25, -0.2) is 4.68 Å². The zero-order chi connectivity index (χ0) is 13.7. The van der Waals surface area contributed by atoms with Gasteiger partial charge in [0.05, 0.1) is 19.9 Å². The molecular formula is C14H18ClN3O. The van der Waals surface area contributed by atoms with Crippen LogP contribution in [0.4, 0.5) is 0 Å². The van der Waals surface area contributed by atoms with Gasteiger partial charge in [-0.1, -0.05) is 23.7 Å². The molecule has 0 amide bonds. The van der Waals surface area contributed by atoms with Gasteiger partial charge in [0.25, 0.3) is 0 Å². The Labute approximate surface area is 118 Å². The van der Waals surface area contributed by atoms with Crippen molar-refractivity contribution in [2.45, 2.75) is 19.4 Å². The maximum atomic E-state index is 5.88. The first-order chi connectivity index (χ1) is 9.24. The molecule has 102 valence electrons. The summed E-state index contributed by atoms with van der Waals surface area (Å²) in [6, 6.07) is 7.73. The topological polar surface area (TPSA) is 53.1 Å². The molecule has 0 radical (unpaired) electrons. The van der Waals surface area contributed by atoms with Gasteiger partial charge in [-0.05, 0) is 37.1 Å². The number of nitrogens with zero attached hydrogens (tertiary/aromatic N) is 2. The van der Waals surface area contributed by atoms with Gasteiger partial charge in [0.15, 0.2) is 0 Å². The minimum Gasteiger partial charge on any atom is -0.481 e. The molecule has 1 aromatic carbocycles. The van der Waals surface area contributed by atoms with Gasteiger partial charge in [0, 0.05) is 10.6 Å². The first-order valence-corrected chi connectivity index (χ1v) is 6.65. The quantitative estimate of drug-likeness (QED) is 0.884. The summed E-state index contributed by atoms with van der Waals surface area (Å²) in [4.78, 5) is 0. The van der Waals surface area contributed by atoms with Gasteiger partial charge in [-0.2, -0.15) is 5.10 Å². The smallest absolute Gasteiger partial charge is 0.215 e. The number of aryl methyl sites for hydroxylation is 1. The van der Waals surface area contributed by atoms with Crippen LogP contribution in [0.3, 0.4) is 0 Å². The summed E-state index contributed by atoms with van der Waals surface area (Å²) < 4.78 is 7.30. The largest absolute Gasteiger partial charge is 0.481 e. The number of methoxy groups -OCH3 is 1. The molecule has 0 aliphatic rings. The van der Waals surface area contributed by atoms with Gasteiger partial charge in [-0.15, -0.1) is 0 Å². The number of hydrogen-bond acceptors (Lipinski definition) is 3. The molecule has 2 N–H and O–H groups in total. The predicted octanol–water partition coefficient (Wildman–Crippen LogP) is 2.48. The van der Waals surface area contributed by atoms with Crippen LogP contribution in [0.15, 0.2) is 30.5 Å². The second-order valence-electron chi connectivity index (χ2n) is 4.36. The molecule has 1 heterocycles. The molecule has 4 nitrogen and oxygen atoms in total. The van der Waals surface area contributed by atoms with E-state index in [-0.39, 0.29) is 0 Å². The minimum absolute atomic E-state index is 0.670. The molecule has 0 bridgehead atoms. The highest BCUT2D eigenvalue weighted by molar-refractivity contribution is 6.30. The third-order valence-corrected chi connectivity index (χ3v) is 3.20. The highest BCUT2D eigenvalue weighted by Crippen LogP contribution is 2.21. The highest BCUT2D eigenvalue weighted by atomic mass is 35.5. The first kappa shape index (κ1) is 13.9. The van der Waals surface area contributed by atoms with Crippen molar-refractivity contribution in [1.29, 1.82) is 0 Å². The molecular weight excluding hydrogens is 262 g/mol. The average molecular weight is 280 g/mol. The van der Waals surface area contributed by atoms with Crippen molar-refractivity contribution >= 4 is 11.6 Å². The number of ether oxygens (including phenoxy) is 1. The third kappa shape index (κ3) is 3.49. The van der Waals surface area contributed by atoms with Crippen molar-refractivity contribution in [3.8, 4) is 5.88 Å². The minimum atomic E-state index is 0.670. The van der Waals surface area contributed by atoms with E-state index in [9.17, 15) is 0 Å². The summed E-state index contributed by atoms with van der Waals surface area (Å²) >= 11 is 5.88. The molecule has 0 saturated heterocycles. The van der Waals surface area contributed by atoms with E-state index in [4.69, 9.17) is 22.1 Å². The Morgan fingerprint density at radius 3 is 2.68 bits per heavy atom. The van der Waals surface area contributed by atoms with E-state index in [1.165, 1.54) is 0 Å². The number of aromatic nitrogens is 2. The Morgan fingerprint density at radius 2 is 2.05 bits per heavy atom. The second kappa shape index (κ2) is 6.59. The van der Waals surface area contributed by atoms with Crippen LogP contribution in [-0.4, -0.2) is 23.4 Å². The van der Waals surface area contributed by atoms with Crippen molar-refractivity contribution < 1.29 is 4.74 Å². The van der Waals surface area contributed by atoms with Crippen LogP contribution in [0, 0.1) is 0 Å². The molecule has 0 aliphatic heterocycles. The summed E-state index contributed by atoms with van der Waals surface area (Å²) in [7, 11) is 1.67. The number of hydrogen-bond donors (Lipinski definition) is 1. The second-order valence-corrected chi connectivity index (χ2v) is 4.79. The van der Waals surface area contributed by atoms with Crippen LogP contribution < -0.4 is 10.5 Å². The van der Waals surface area contributed by atoms with E-state index in [1.807, 2.05) is 35.1 Å². The normalized spacial score (nSPS) is 10.7.